The predicted molar refractivity (Wildman–Crippen MR) is 152 cm³/mol. The number of halogens is 1. The van der Waals surface area contributed by atoms with Crippen LogP contribution in [0, 0.1) is 6.92 Å². The molecule has 1 amide bonds. The second-order valence-electron chi connectivity index (χ2n) is 9.22. The van der Waals surface area contributed by atoms with Crippen LogP contribution in [0.15, 0.2) is 53.9 Å². The first kappa shape index (κ1) is 28.1. The molecule has 0 aliphatic heterocycles. The van der Waals surface area contributed by atoms with Gasteiger partial charge in [-0.2, -0.15) is 0 Å². The maximum atomic E-state index is 13.8. The van der Waals surface area contributed by atoms with Crippen LogP contribution < -0.4 is 7.97 Å². The second kappa shape index (κ2) is 14.3. The van der Waals surface area contributed by atoms with Gasteiger partial charge in [0.2, 0.25) is 0 Å². The van der Waals surface area contributed by atoms with Gasteiger partial charge in [0.05, 0.1) is 17.4 Å². The fraction of sp³-hybridized carbons (Fsp3) is 0.448. The SMILES string of the molecule is CCCCCc1cc(C)c(C/C=C(\C)CCC=C(C)C)c(OI)c1C(=O)N(C)c1cccnc1. The van der Waals surface area contributed by atoms with E-state index in [2.05, 4.69) is 57.8 Å². The Kier molecular flexibility index (Phi) is 11.8. The Morgan fingerprint density at radius 1 is 1.21 bits per heavy atom. The van der Waals surface area contributed by atoms with Gasteiger partial charge in [-0.25, -0.2) is 0 Å². The van der Waals surface area contributed by atoms with Crippen molar-refractivity contribution < 1.29 is 7.86 Å². The molecule has 1 aromatic carbocycles. The molecule has 5 heteroatoms. The molecule has 0 radical (unpaired) electrons. The monoisotopic (exact) mass is 574 g/mol. The van der Waals surface area contributed by atoms with Gasteiger partial charge >= 0.3 is 0 Å². The van der Waals surface area contributed by atoms with Crippen LogP contribution in [0.2, 0.25) is 0 Å². The van der Waals surface area contributed by atoms with Gasteiger partial charge in [-0.3, -0.25) is 9.78 Å². The van der Waals surface area contributed by atoms with Crippen molar-refractivity contribution in [2.75, 3.05) is 11.9 Å². The van der Waals surface area contributed by atoms with Crippen LogP contribution in [0.1, 0.15) is 86.8 Å². The number of allylic oxidation sites excluding steroid dienone is 4. The second-order valence-corrected chi connectivity index (χ2v) is 9.66. The number of unbranched alkanes of at least 4 members (excludes halogenated alkanes) is 2. The zero-order valence-electron chi connectivity index (χ0n) is 21.6. The number of nitrogens with zero attached hydrogens (tertiary/aromatic N) is 2. The number of aryl methyl sites for hydroxylation is 2. The Morgan fingerprint density at radius 3 is 2.59 bits per heavy atom. The number of hydrogen-bond acceptors (Lipinski definition) is 3. The van der Waals surface area contributed by atoms with Gasteiger partial charge in [0.15, 0.2) is 23.0 Å². The largest absolute Gasteiger partial charge is 0.427 e. The number of carbonyl (C=O) groups excluding carboxylic acids is 1. The van der Waals surface area contributed by atoms with Gasteiger partial charge in [-0.15, -0.1) is 0 Å². The van der Waals surface area contributed by atoms with E-state index in [9.17, 15) is 4.79 Å². The highest BCUT2D eigenvalue weighted by Gasteiger charge is 2.26. The lowest BCUT2D eigenvalue weighted by atomic mass is 9.91. The first-order valence-electron chi connectivity index (χ1n) is 12.2. The Morgan fingerprint density at radius 2 is 1.97 bits per heavy atom. The molecule has 0 aliphatic rings. The lowest BCUT2D eigenvalue weighted by Crippen LogP contribution is -2.28. The molecule has 4 nitrogen and oxygen atoms in total. The zero-order valence-corrected chi connectivity index (χ0v) is 23.7. The maximum absolute atomic E-state index is 13.8. The van der Waals surface area contributed by atoms with Gasteiger partial charge < -0.3 is 7.97 Å². The fourth-order valence-electron chi connectivity index (χ4n) is 4.04. The molecule has 0 bridgehead atoms. The Hall–Kier alpha value is -2.15. The highest BCUT2D eigenvalue weighted by atomic mass is 127. The van der Waals surface area contributed by atoms with Crippen molar-refractivity contribution in [2.24, 2.45) is 0 Å². The number of amides is 1. The van der Waals surface area contributed by atoms with Crippen molar-refractivity contribution >= 4 is 34.6 Å². The van der Waals surface area contributed by atoms with Crippen molar-refractivity contribution in [1.29, 1.82) is 0 Å². The average Bonchev–Trinajstić information content (AvgIpc) is 2.82. The summed E-state index contributed by atoms with van der Waals surface area (Å²) in [5.74, 6) is 0.637. The molecule has 0 saturated carbocycles. The third kappa shape index (κ3) is 7.97. The predicted octanol–water partition coefficient (Wildman–Crippen LogP) is 8.36. The molecule has 1 heterocycles. The smallest absolute Gasteiger partial charge is 0.262 e. The maximum Gasteiger partial charge on any atom is 0.262 e. The minimum atomic E-state index is -0.0586. The highest BCUT2D eigenvalue weighted by molar-refractivity contribution is 14.1. The van der Waals surface area contributed by atoms with Crippen molar-refractivity contribution in [1.82, 2.24) is 4.98 Å². The minimum Gasteiger partial charge on any atom is -0.427 e. The molecule has 34 heavy (non-hydrogen) atoms. The van der Waals surface area contributed by atoms with Crippen molar-refractivity contribution in [3.63, 3.8) is 0 Å². The van der Waals surface area contributed by atoms with Crippen LogP contribution in [0.5, 0.6) is 5.75 Å². The van der Waals surface area contributed by atoms with Crippen molar-refractivity contribution in [2.45, 2.75) is 79.6 Å². The van der Waals surface area contributed by atoms with Gasteiger partial charge in [-0.1, -0.05) is 49.1 Å². The number of anilines is 1. The molecule has 1 aromatic heterocycles. The molecular formula is C29H39IN2O2. The summed E-state index contributed by atoms with van der Waals surface area (Å²) < 4.78 is 5.92. The summed E-state index contributed by atoms with van der Waals surface area (Å²) >= 11 is 1.93. The molecule has 2 rings (SSSR count). The first-order chi connectivity index (χ1) is 16.3. The number of rotatable bonds is 12. The molecule has 0 spiro atoms. The molecule has 0 fully saturated rings. The van der Waals surface area contributed by atoms with Gasteiger partial charge in [0, 0.05) is 18.8 Å². The van der Waals surface area contributed by atoms with E-state index >= 15 is 0 Å². The lowest BCUT2D eigenvalue weighted by molar-refractivity contribution is 0.0990. The van der Waals surface area contributed by atoms with E-state index in [4.69, 9.17) is 3.07 Å². The van der Waals surface area contributed by atoms with Crippen molar-refractivity contribution in [3.8, 4) is 5.75 Å². The summed E-state index contributed by atoms with van der Waals surface area (Å²) in [4.78, 5) is 19.6. The summed E-state index contributed by atoms with van der Waals surface area (Å²) in [6.45, 7) is 10.8. The van der Waals surface area contributed by atoms with Crippen LogP contribution in [-0.2, 0) is 12.8 Å². The molecule has 0 N–H and O–H groups in total. The number of aromatic nitrogens is 1. The van der Waals surface area contributed by atoms with Gasteiger partial charge in [0.25, 0.3) is 5.91 Å². The van der Waals surface area contributed by atoms with E-state index in [1.54, 1.807) is 24.3 Å². The van der Waals surface area contributed by atoms with E-state index in [-0.39, 0.29) is 5.91 Å². The quantitative estimate of drug-likeness (QED) is 0.145. The molecular weight excluding hydrogens is 535 g/mol. The Labute approximate surface area is 220 Å². The normalized spacial score (nSPS) is 11.3. The summed E-state index contributed by atoms with van der Waals surface area (Å²) in [5.41, 5.74) is 7.46. The summed E-state index contributed by atoms with van der Waals surface area (Å²) in [7, 11) is 1.80. The third-order valence-corrected chi connectivity index (χ3v) is 6.55. The van der Waals surface area contributed by atoms with Gasteiger partial charge in [0.1, 0.15) is 5.75 Å². The summed E-state index contributed by atoms with van der Waals surface area (Å²) in [5, 5.41) is 0. The molecule has 0 atom stereocenters. The fourth-order valence-corrected chi connectivity index (χ4v) is 4.52. The lowest BCUT2D eigenvalue weighted by Gasteiger charge is -2.23. The summed E-state index contributed by atoms with van der Waals surface area (Å²) in [6.07, 6.45) is 15.0. The zero-order chi connectivity index (χ0) is 25.1. The van der Waals surface area contributed by atoms with E-state index in [1.165, 1.54) is 16.7 Å². The third-order valence-electron chi connectivity index (χ3n) is 6.11. The number of pyridine rings is 1. The minimum absolute atomic E-state index is 0.0586. The Balaban J connectivity index is 2.47. The standard InChI is InChI=1S/C29H39IN2O2/c1-7-8-9-14-24-19-23(5)26(17-16-22(4)13-10-12-21(2)3)28(34-30)27(24)29(33)32(6)25-15-11-18-31-20-25/h11-12,15-16,18-20H,7-10,13-14,17H2,1-6H3/b22-16+. The first-order valence-corrected chi connectivity index (χ1v) is 13.1. The van der Waals surface area contributed by atoms with Crippen LogP contribution in [0.4, 0.5) is 5.69 Å². The van der Waals surface area contributed by atoms with Gasteiger partial charge in [-0.05, 0) is 83.1 Å². The number of hydrogen-bond donors (Lipinski definition) is 0. The molecule has 2 aromatic rings. The van der Waals surface area contributed by atoms with Crippen LogP contribution in [0.25, 0.3) is 0 Å². The van der Waals surface area contributed by atoms with E-state index in [0.717, 1.165) is 61.8 Å². The van der Waals surface area contributed by atoms with Crippen LogP contribution in [-0.4, -0.2) is 17.9 Å². The Bertz CT molecular complexity index is 1010. The average molecular weight is 575 g/mol. The highest BCUT2D eigenvalue weighted by Crippen LogP contribution is 2.35. The van der Waals surface area contributed by atoms with E-state index < -0.39 is 0 Å². The summed E-state index contributed by atoms with van der Waals surface area (Å²) in [6, 6.07) is 5.95. The number of carbonyl (C=O) groups is 1. The van der Waals surface area contributed by atoms with Crippen molar-refractivity contribution in [3.05, 3.63) is 76.1 Å². The molecule has 0 unspecified atom stereocenters. The topological polar surface area (TPSA) is 42.4 Å². The molecule has 184 valence electrons. The van der Waals surface area contributed by atoms with E-state index in [1.807, 2.05) is 35.1 Å². The van der Waals surface area contributed by atoms with Crippen LogP contribution >= 0.6 is 23.0 Å². The van der Waals surface area contributed by atoms with Crippen LogP contribution in [0.3, 0.4) is 0 Å². The molecule has 0 aliphatic carbocycles. The molecule has 0 saturated heterocycles. The van der Waals surface area contributed by atoms with E-state index in [0.29, 0.717) is 11.3 Å². The number of benzene rings is 1.